The molecule has 0 bridgehead atoms. The third-order valence-electron chi connectivity index (χ3n) is 4.89. The van der Waals surface area contributed by atoms with Gasteiger partial charge in [-0.1, -0.05) is 18.2 Å². The van der Waals surface area contributed by atoms with Crippen LogP contribution in [0.4, 0.5) is 8.78 Å². The standard InChI is InChI=1S/C15H13FN4O2S.C11H12FNO2/c1-10-18-15(11-3-2-4-12(16)9-11)20(19-10)13-5-7-14(8-6-13)23(17,21)22;1-3-15-8(2)13-11(14)9-5-4-6-10(12)7-9/h2-9H,1H3,(H2,17,21,22);4-7H,3H2,1-2H3. The van der Waals surface area contributed by atoms with Gasteiger partial charge in [-0.05, 0) is 68.4 Å². The SMILES string of the molecule is CCOC(C)=NC(=O)c1cccc(F)c1.Cc1nc(-c2cccc(F)c2)n(-c2ccc(S(N)(=O)=O)cc2)n1. The second-order valence-electron chi connectivity index (χ2n) is 7.82. The molecule has 0 atom stereocenters. The molecule has 3 aromatic carbocycles. The van der Waals surface area contributed by atoms with Gasteiger partial charge in [-0.15, -0.1) is 0 Å². The first kappa shape index (κ1) is 28.3. The summed E-state index contributed by atoms with van der Waals surface area (Å²) in [7, 11) is -3.76. The third-order valence-corrected chi connectivity index (χ3v) is 5.82. The fourth-order valence-electron chi connectivity index (χ4n) is 3.26. The summed E-state index contributed by atoms with van der Waals surface area (Å²) < 4.78 is 55.4. The van der Waals surface area contributed by atoms with Gasteiger partial charge in [-0.2, -0.15) is 10.1 Å². The average Bonchev–Trinajstić information content (AvgIpc) is 3.26. The number of aliphatic imine (C=N–C) groups is 1. The van der Waals surface area contributed by atoms with Crippen molar-refractivity contribution in [2.45, 2.75) is 25.7 Å². The van der Waals surface area contributed by atoms with Gasteiger partial charge in [0.1, 0.15) is 17.5 Å². The summed E-state index contributed by atoms with van der Waals surface area (Å²) in [5, 5.41) is 9.36. The molecule has 2 N–H and O–H groups in total. The van der Waals surface area contributed by atoms with Crippen LogP contribution in [0.5, 0.6) is 0 Å². The lowest BCUT2D eigenvalue weighted by atomic mass is 10.2. The first-order valence-electron chi connectivity index (χ1n) is 11.3. The number of benzene rings is 3. The van der Waals surface area contributed by atoms with E-state index >= 15 is 0 Å². The van der Waals surface area contributed by atoms with Crippen LogP contribution in [-0.4, -0.2) is 41.6 Å². The second kappa shape index (κ2) is 12.3. The maximum atomic E-state index is 13.4. The molecule has 0 spiro atoms. The van der Waals surface area contributed by atoms with Crippen LogP contribution in [0.3, 0.4) is 0 Å². The topological polar surface area (TPSA) is 130 Å². The molecule has 1 aromatic heterocycles. The zero-order valence-corrected chi connectivity index (χ0v) is 21.6. The van der Waals surface area contributed by atoms with Gasteiger partial charge in [0.15, 0.2) is 11.7 Å². The molecular weight excluding hydrogens is 516 g/mol. The van der Waals surface area contributed by atoms with E-state index in [9.17, 15) is 22.0 Å². The van der Waals surface area contributed by atoms with Crippen LogP contribution in [0.15, 0.2) is 82.7 Å². The third kappa shape index (κ3) is 7.60. The van der Waals surface area contributed by atoms with E-state index in [-0.39, 0.29) is 22.2 Å². The first-order chi connectivity index (χ1) is 18.0. The fraction of sp³-hybridized carbons (Fsp3) is 0.154. The predicted molar refractivity (Wildman–Crippen MR) is 138 cm³/mol. The van der Waals surface area contributed by atoms with E-state index in [1.165, 1.54) is 47.1 Å². The summed E-state index contributed by atoms with van der Waals surface area (Å²) in [6.07, 6.45) is 0. The van der Waals surface area contributed by atoms with Gasteiger partial charge in [0.2, 0.25) is 10.0 Å². The van der Waals surface area contributed by atoms with Crippen molar-refractivity contribution in [1.82, 2.24) is 14.8 Å². The van der Waals surface area contributed by atoms with Crippen molar-refractivity contribution in [2.24, 2.45) is 10.1 Å². The number of hydrogen-bond acceptors (Lipinski definition) is 6. The number of ether oxygens (including phenoxy) is 1. The van der Waals surface area contributed by atoms with Crippen LogP contribution in [-0.2, 0) is 14.8 Å². The Bertz CT molecular complexity index is 1570. The minimum atomic E-state index is -3.76. The van der Waals surface area contributed by atoms with Crippen LogP contribution < -0.4 is 5.14 Å². The zero-order chi connectivity index (χ0) is 27.9. The van der Waals surface area contributed by atoms with Gasteiger partial charge in [-0.3, -0.25) is 4.79 Å². The van der Waals surface area contributed by atoms with Crippen LogP contribution >= 0.6 is 0 Å². The Labute approximate surface area is 218 Å². The number of hydrogen-bond donors (Lipinski definition) is 1. The number of halogens is 2. The number of nitrogens with two attached hydrogens (primary N) is 1. The fourth-order valence-corrected chi connectivity index (χ4v) is 3.77. The Balaban J connectivity index is 0.000000232. The van der Waals surface area contributed by atoms with E-state index < -0.39 is 21.7 Å². The summed E-state index contributed by atoms with van der Waals surface area (Å²) in [6.45, 7) is 5.55. The van der Waals surface area contributed by atoms with Gasteiger partial charge >= 0.3 is 0 Å². The quantitative estimate of drug-likeness (QED) is 0.294. The number of carbonyl (C=O) groups is 1. The second-order valence-corrected chi connectivity index (χ2v) is 9.38. The summed E-state index contributed by atoms with van der Waals surface area (Å²) >= 11 is 0. The highest BCUT2D eigenvalue weighted by atomic mass is 32.2. The molecule has 38 heavy (non-hydrogen) atoms. The molecule has 1 heterocycles. The summed E-state index contributed by atoms with van der Waals surface area (Å²) in [6, 6.07) is 17.3. The predicted octanol–water partition coefficient (Wildman–Crippen LogP) is 4.45. The van der Waals surface area contributed by atoms with E-state index in [0.717, 1.165) is 6.07 Å². The highest BCUT2D eigenvalue weighted by Gasteiger charge is 2.14. The van der Waals surface area contributed by atoms with Crippen molar-refractivity contribution in [3.8, 4) is 17.1 Å². The molecule has 0 unspecified atom stereocenters. The van der Waals surface area contributed by atoms with Gasteiger partial charge < -0.3 is 4.74 Å². The Morgan fingerprint density at radius 1 is 1.03 bits per heavy atom. The highest BCUT2D eigenvalue weighted by Crippen LogP contribution is 2.22. The molecule has 0 aliphatic rings. The molecule has 4 aromatic rings. The number of nitrogens with zero attached hydrogens (tertiary/aromatic N) is 4. The Morgan fingerprint density at radius 3 is 2.24 bits per heavy atom. The van der Waals surface area contributed by atoms with Crippen molar-refractivity contribution in [1.29, 1.82) is 0 Å². The smallest absolute Gasteiger partial charge is 0.280 e. The highest BCUT2D eigenvalue weighted by molar-refractivity contribution is 7.89. The minimum Gasteiger partial charge on any atom is -0.481 e. The lowest BCUT2D eigenvalue weighted by molar-refractivity contribution is 0.0998. The molecule has 12 heteroatoms. The number of primary sulfonamides is 1. The van der Waals surface area contributed by atoms with Crippen molar-refractivity contribution in [3.05, 3.63) is 95.8 Å². The maximum absolute atomic E-state index is 13.4. The monoisotopic (exact) mass is 541 g/mol. The van der Waals surface area contributed by atoms with Crippen molar-refractivity contribution >= 4 is 21.8 Å². The molecule has 0 fully saturated rings. The van der Waals surface area contributed by atoms with E-state index in [0.29, 0.717) is 29.5 Å². The zero-order valence-electron chi connectivity index (χ0n) is 20.8. The molecule has 0 saturated heterocycles. The van der Waals surface area contributed by atoms with Crippen molar-refractivity contribution < 1.29 is 26.7 Å². The van der Waals surface area contributed by atoms with Gasteiger partial charge in [-0.25, -0.2) is 32.0 Å². The van der Waals surface area contributed by atoms with Crippen LogP contribution in [0.2, 0.25) is 0 Å². The van der Waals surface area contributed by atoms with Crippen molar-refractivity contribution in [3.63, 3.8) is 0 Å². The van der Waals surface area contributed by atoms with Crippen LogP contribution in [0.25, 0.3) is 17.1 Å². The van der Waals surface area contributed by atoms with E-state index in [1.807, 2.05) is 0 Å². The first-order valence-corrected chi connectivity index (χ1v) is 12.8. The molecule has 1 amide bonds. The number of aryl methyl sites for hydroxylation is 1. The molecule has 198 valence electrons. The van der Waals surface area contributed by atoms with Gasteiger partial charge in [0, 0.05) is 18.1 Å². The number of sulfonamides is 1. The normalized spacial score (nSPS) is 11.5. The number of amides is 1. The Hall–Kier alpha value is -4.29. The van der Waals surface area contributed by atoms with Crippen LogP contribution in [0.1, 0.15) is 30.0 Å². The van der Waals surface area contributed by atoms with E-state index in [4.69, 9.17) is 9.88 Å². The minimum absolute atomic E-state index is 0.00499. The largest absolute Gasteiger partial charge is 0.481 e. The molecule has 4 rings (SSSR count). The molecule has 9 nitrogen and oxygen atoms in total. The molecule has 0 aliphatic heterocycles. The molecule has 0 saturated carbocycles. The molecule has 0 radical (unpaired) electrons. The number of rotatable bonds is 5. The summed E-state index contributed by atoms with van der Waals surface area (Å²) in [4.78, 5) is 19.4. The lowest BCUT2D eigenvalue weighted by Crippen LogP contribution is -2.12. The van der Waals surface area contributed by atoms with E-state index in [1.54, 1.807) is 45.0 Å². The summed E-state index contributed by atoms with van der Waals surface area (Å²) in [5.74, 6) is -0.0678. The maximum Gasteiger partial charge on any atom is 0.280 e. The number of carbonyl (C=O) groups excluding carboxylic acids is 1. The van der Waals surface area contributed by atoms with E-state index in [2.05, 4.69) is 15.1 Å². The average molecular weight is 542 g/mol. The van der Waals surface area contributed by atoms with Crippen LogP contribution in [0, 0.1) is 18.6 Å². The lowest BCUT2D eigenvalue weighted by Gasteiger charge is -2.07. The van der Waals surface area contributed by atoms with Gasteiger partial charge in [0.25, 0.3) is 5.91 Å². The molecular formula is C26H25F2N5O4S. The number of aromatic nitrogens is 3. The summed E-state index contributed by atoms with van der Waals surface area (Å²) in [5.41, 5.74) is 1.38. The van der Waals surface area contributed by atoms with Crippen molar-refractivity contribution in [2.75, 3.05) is 6.61 Å². The van der Waals surface area contributed by atoms with Gasteiger partial charge in [0.05, 0.1) is 17.2 Å². The Morgan fingerprint density at radius 2 is 1.66 bits per heavy atom. The Kier molecular flexibility index (Phi) is 9.16. The molecule has 0 aliphatic carbocycles.